The number of aromatic nitrogens is 2. The molecule has 0 aliphatic rings. The molecule has 0 aliphatic heterocycles. The summed E-state index contributed by atoms with van der Waals surface area (Å²) in [6, 6.07) is 5.07. The highest BCUT2D eigenvalue weighted by atomic mass is 19.4. The first-order chi connectivity index (χ1) is 9.86. The molecule has 1 aromatic heterocycles. The summed E-state index contributed by atoms with van der Waals surface area (Å²) >= 11 is 0. The Morgan fingerprint density at radius 3 is 2.67 bits per heavy atom. The topological polar surface area (TPSA) is 67.6 Å². The Bertz CT molecular complexity index is 695. The number of alkyl halides is 3. The number of benzene rings is 1. The number of rotatable bonds is 3. The summed E-state index contributed by atoms with van der Waals surface area (Å²) in [4.78, 5) is 0. The van der Waals surface area contributed by atoms with Gasteiger partial charge in [0, 0.05) is 12.6 Å². The number of hydrogen-bond donors (Lipinski definition) is 1. The minimum absolute atomic E-state index is 0.257. The van der Waals surface area contributed by atoms with Crippen molar-refractivity contribution in [1.82, 2.24) is 9.78 Å². The summed E-state index contributed by atoms with van der Waals surface area (Å²) < 4.78 is 40.2. The standard InChI is InChI=1S/C14H13F3N4/c1-9-8-21(20-13(9)4-5-18)11-3-2-10(7-19)12(6-11)14(15,16)17/h2-3,6,8H,4-5,18H2,1H3. The van der Waals surface area contributed by atoms with Crippen LogP contribution in [0.15, 0.2) is 24.4 Å². The summed E-state index contributed by atoms with van der Waals surface area (Å²) in [5, 5.41) is 13.0. The molecule has 0 unspecified atom stereocenters. The largest absolute Gasteiger partial charge is 0.417 e. The van der Waals surface area contributed by atoms with Crippen molar-refractivity contribution in [2.24, 2.45) is 5.73 Å². The lowest BCUT2D eigenvalue weighted by Crippen LogP contribution is -2.09. The van der Waals surface area contributed by atoms with Crippen LogP contribution in [-0.2, 0) is 12.6 Å². The molecule has 0 fully saturated rings. The van der Waals surface area contributed by atoms with Gasteiger partial charge in [-0.1, -0.05) is 0 Å². The van der Waals surface area contributed by atoms with Gasteiger partial charge in [-0.2, -0.15) is 23.5 Å². The number of nitrogens with zero attached hydrogens (tertiary/aromatic N) is 3. The summed E-state index contributed by atoms with van der Waals surface area (Å²) in [6.45, 7) is 2.24. The van der Waals surface area contributed by atoms with Crippen molar-refractivity contribution < 1.29 is 13.2 Å². The van der Waals surface area contributed by atoms with E-state index in [2.05, 4.69) is 5.10 Å². The minimum atomic E-state index is -4.58. The fourth-order valence-corrected chi connectivity index (χ4v) is 2.02. The van der Waals surface area contributed by atoms with Gasteiger partial charge in [-0.15, -0.1) is 0 Å². The van der Waals surface area contributed by atoms with Crippen molar-refractivity contribution in [2.45, 2.75) is 19.5 Å². The molecule has 0 saturated heterocycles. The van der Waals surface area contributed by atoms with Gasteiger partial charge < -0.3 is 5.73 Å². The molecule has 2 rings (SSSR count). The number of aryl methyl sites for hydroxylation is 1. The first kappa shape index (κ1) is 15.1. The van der Waals surface area contributed by atoms with E-state index in [1.807, 2.05) is 6.92 Å². The smallest absolute Gasteiger partial charge is 0.330 e. The molecule has 0 saturated carbocycles. The Morgan fingerprint density at radius 1 is 1.38 bits per heavy atom. The van der Waals surface area contributed by atoms with Crippen LogP contribution in [0.5, 0.6) is 0 Å². The van der Waals surface area contributed by atoms with Gasteiger partial charge in [0.1, 0.15) is 0 Å². The third-order valence-electron chi connectivity index (χ3n) is 3.07. The van der Waals surface area contributed by atoms with Gasteiger partial charge in [0.25, 0.3) is 0 Å². The van der Waals surface area contributed by atoms with E-state index in [0.717, 1.165) is 23.4 Å². The van der Waals surface area contributed by atoms with Crippen LogP contribution in [0.4, 0.5) is 13.2 Å². The molecule has 1 heterocycles. The highest BCUT2D eigenvalue weighted by Gasteiger charge is 2.34. The van der Waals surface area contributed by atoms with Crippen molar-refractivity contribution in [1.29, 1.82) is 5.26 Å². The first-order valence-electron chi connectivity index (χ1n) is 6.23. The van der Waals surface area contributed by atoms with Crippen LogP contribution in [0.2, 0.25) is 0 Å². The summed E-state index contributed by atoms with van der Waals surface area (Å²) in [5.74, 6) is 0. The maximum atomic E-state index is 12.9. The minimum Gasteiger partial charge on any atom is -0.330 e. The Kier molecular flexibility index (Phi) is 4.00. The van der Waals surface area contributed by atoms with E-state index in [-0.39, 0.29) is 5.69 Å². The molecule has 4 nitrogen and oxygen atoms in total. The summed E-state index contributed by atoms with van der Waals surface area (Å²) in [7, 11) is 0. The molecule has 0 amide bonds. The van der Waals surface area contributed by atoms with Gasteiger partial charge in [0.15, 0.2) is 0 Å². The highest BCUT2D eigenvalue weighted by molar-refractivity contribution is 5.47. The maximum absolute atomic E-state index is 12.9. The number of nitriles is 1. The Balaban J connectivity index is 2.51. The maximum Gasteiger partial charge on any atom is 0.417 e. The van der Waals surface area contributed by atoms with E-state index >= 15 is 0 Å². The van der Waals surface area contributed by atoms with Gasteiger partial charge in [-0.3, -0.25) is 0 Å². The summed E-state index contributed by atoms with van der Waals surface area (Å²) in [6.07, 6.45) is -2.38. The molecule has 0 spiro atoms. The second kappa shape index (κ2) is 5.58. The van der Waals surface area contributed by atoms with Crippen LogP contribution in [0.25, 0.3) is 5.69 Å². The van der Waals surface area contributed by atoms with Crippen molar-refractivity contribution in [3.8, 4) is 11.8 Å². The fourth-order valence-electron chi connectivity index (χ4n) is 2.02. The monoisotopic (exact) mass is 294 g/mol. The zero-order valence-corrected chi connectivity index (χ0v) is 11.3. The SMILES string of the molecule is Cc1cn(-c2ccc(C#N)c(C(F)(F)F)c2)nc1CCN. The van der Waals surface area contributed by atoms with Crippen LogP contribution >= 0.6 is 0 Å². The molecule has 110 valence electrons. The number of hydrogen-bond acceptors (Lipinski definition) is 3. The lowest BCUT2D eigenvalue weighted by atomic mass is 10.1. The first-order valence-corrected chi connectivity index (χ1v) is 6.23. The normalized spacial score (nSPS) is 11.4. The average Bonchev–Trinajstić information content (AvgIpc) is 2.79. The zero-order valence-electron chi connectivity index (χ0n) is 11.3. The van der Waals surface area contributed by atoms with E-state index in [0.29, 0.717) is 13.0 Å². The summed E-state index contributed by atoms with van der Waals surface area (Å²) in [5.41, 5.74) is 5.96. The molecule has 7 heteroatoms. The van der Waals surface area contributed by atoms with Crippen molar-refractivity contribution >= 4 is 0 Å². The molecule has 21 heavy (non-hydrogen) atoms. The van der Waals surface area contributed by atoms with E-state index in [4.69, 9.17) is 11.0 Å². The molecular formula is C14H13F3N4. The molecular weight excluding hydrogens is 281 g/mol. The quantitative estimate of drug-likeness (QED) is 0.946. The zero-order chi connectivity index (χ0) is 15.6. The molecule has 1 aromatic carbocycles. The second-order valence-corrected chi connectivity index (χ2v) is 4.58. The van der Waals surface area contributed by atoms with E-state index < -0.39 is 17.3 Å². The molecule has 2 N–H and O–H groups in total. The van der Waals surface area contributed by atoms with Gasteiger partial charge >= 0.3 is 6.18 Å². The van der Waals surface area contributed by atoms with Crippen molar-refractivity contribution in [2.75, 3.05) is 6.54 Å². The van der Waals surface area contributed by atoms with Crippen LogP contribution in [0.1, 0.15) is 22.4 Å². The van der Waals surface area contributed by atoms with Crippen LogP contribution in [0.3, 0.4) is 0 Å². The predicted molar refractivity (Wildman–Crippen MR) is 70.8 cm³/mol. The predicted octanol–water partition coefficient (Wildman–Crippen LogP) is 2.57. The van der Waals surface area contributed by atoms with Crippen LogP contribution in [-0.4, -0.2) is 16.3 Å². The lowest BCUT2D eigenvalue weighted by Gasteiger charge is -2.10. The number of halogens is 3. The Hall–Kier alpha value is -2.33. The lowest BCUT2D eigenvalue weighted by molar-refractivity contribution is -0.137. The van der Waals surface area contributed by atoms with E-state index in [1.54, 1.807) is 12.3 Å². The third kappa shape index (κ3) is 3.06. The molecule has 0 bridgehead atoms. The molecule has 0 aliphatic carbocycles. The Labute approximate surface area is 119 Å². The van der Waals surface area contributed by atoms with Gasteiger partial charge in [0.2, 0.25) is 0 Å². The van der Waals surface area contributed by atoms with Crippen LogP contribution < -0.4 is 5.73 Å². The molecule has 0 atom stereocenters. The van der Waals surface area contributed by atoms with Gasteiger partial charge in [0.05, 0.1) is 28.6 Å². The van der Waals surface area contributed by atoms with Crippen molar-refractivity contribution in [3.05, 3.63) is 46.8 Å². The highest BCUT2D eigenvalue weighted by Crippen LogP contribution is 2.33. The van der Waals surface area contributed by atoms with Gasteiger partial charge in [-0.05, 0) is 37.2 Å². The third-order valence-corrected chi connectivity index (χ3v) is 3.07. The average molecular weight is 294 g/mol. The van der Waals surface area contributed by atoms with Crippen molar-refractivity contribution in [3.63, 3.8) is 0 Å². The Morgan fingerprint density at radius 2 is 2.10 bits per heavy atom. The van der Waals surface area contributed by atoms with E-state index in [9.17, 15) is 13.2 Å². The second-order valence-electron chi connectivity index (χ2n) is 4.58. The molecule has 0 radical (unpaired) electrons. The van der Waals surface area contributed by atoms with Crippen LogP contribution in [0, 0.1) is 18.3 Å². The number of nitrogens with two attached hydrogens (primary N) is 1. The van der Waals surface area contributed by atoms with Gasteiger partial charge in [-0.25, -0.2) is 4.68 Å². The van der Waals surface area contributed by atoms with E-state index in [1.165, 1.54) is 10.7 Å². The molecule has 2 aromatic rings. The fraction of sp³-hybridized carbons (Fsp3) is 0.286.